The molecule has 1 fully saturated rings. The zero-order chi connectivity index (χ0) is 15.3. The predicted octanol–water partition coefficient (Wildman–Crippen LogP) is 2.77. The van der Waals surface area contributed by atoms with Crippen LogP contribution in [0.4, 0.5) is 4.39 Å². The Bertz CT molecular complexity index is 929. The summed E-state index contributed by atoms with van der Waals surface area (Å²) in [5.41, 5.74) is 0.505. The molecule has 3 aromatic rings. The molecule has 0 spiro atoms. The summed E-state index contributed by atoms with van der Waals surface area (Å²) < 4.78 is 16.7. The molecule has 0 atom stereocenters. The second kappa shape index (κ2) is 4.91. The highest BCUT2D eigenvalue weighted by molar-refractivity contribution is 6.34. The van der Waals surface area contributed by atoms with Gasteiger partial charge in [0.25, 0.3) is 5.56 Å². The van der Waals surface area contributed by atoms with Gasteiger partial charge in [-0.3, -0.25) is 4.79 Å². The van der Waals surface area contributed by atoms with Crippen LogP contribution in [0.15, 0.2) is 35.3 Å². The number of rotatable bonds is 3. The van der Waals surface area contributed by atoms with Gasteiger partial charge < -0.3 is 0 Å². The van der Waals surface area contributed by atoms with E-state index in [2.05, 4.69) is 10.2 Å². The lowest BCUT2D eigenvalue weighted by Gasteiger charge is -2.04. The predicted molar refractivity (Wildman–Crippen MR) is 80.6 cm³/mol. The number of hydrogen-bond acceptors (Lipinski definition) is 3. The lowest BCUT2D eigenvalue weighted by Crippen LogP contribution is -2.21. The zero-order valence-corrected chi connectivity index (χ0v) is 12.3. The Morgan fingerprint density at radius 1 is 1.32 bits per heavy atom. The van der Waals surface area contributed by atoms with E-state index in [1.54, 1.807) is 24.4 Å². The number of fused-ring (bicyclic) bond motifs is 1. The molecular formula is C15H12ClFN4O. The van der Waals surface area contributed by atoms with Gasteiger partial charge in [0.2, 0.25) is 0 Å². The van der Waals surface area contributed by atoms with Crippen LogP contribution in [-0.2, 0) is 6.54 Å². The molecule has 0 N–H and O–H groups in total. The molecule has 0 unspecified atom stereocenters. The van der Waals surface area contributed by atoms with E-state index in [9.17, 15) is 9.18 Å². The first-order valence-corrected chi connectivity index (χ1v) is 7.40. The van der Waals surface area contributed by atoms with Gasteiger partial charge in [-0.2, -0.15) is 10.2 Å². The molecule has 4 rings (SSSR count). The van der Waals surface area contributed by atoms with Crippen molar-refractivity contribution in [3.63, 3.8) is 0 Å². The van der Waals surface area contributed by atoms with Gasteiger partial charge in [-0.1, -0.05) is 29.8 Å². The van der Waals surface area contributed by atoms with Gasteiger partial charge in [-0.15, -0.1) is 0 Å². The van der Waals surface area contributed by atoms with Gasteiger partial charge in [0, 0.05) is 5.56 Å². The molecule has 112 valence electrons. The molecule has 1 saturated carbocycles. The van der Waals surface area contributed by atoms with Crippen LogP contribution in [-0.4, -0.2) is 19.6 Å². The first kappa shape index (κ1) is 13.5. The smallest absolute Gasteiger partial charge is 0.265 e. The third-order valence-corrected chi connectivity index (χ3v) is 4.22. The van der Waals surface area contributed by atoms with Crippen LogP contribution in [0.25, 0.3) is 10.9 Å². The Balaban J connectivity index is 1.82. The molecule has 2 heterocycles. The molecule has 1 aliphatic rings. The maximum atomic E-state index is 13.8. The SMILES string of the molecule is O=c1c2nn(Cc3ccccc3F)c(Cl)c2cnn1C1CC1. The molecule has 0 amide bonds. The highest BCUT2D eigenvalue weighted by Crippen LogP contribution is 2.33. The van der Waals surface area contributed by atoms with Gasteiger partial charge >= 0.3 is 0 Å². The fraction of sp³-hybridized carbons (Fsp3) is 0.267. The maximum Gasteiger partial charge on any atom is 0.295 e. The van der Waals surface area contributed by atoms with Gasteiger partial charge in [0.1, 0.15) is 11.0 Å². The van der Waals surface area contributed by atoms with E-state index in [0.29, 0.717) is 16.1 Å². The normalized spacial score (nSPS) is 14.6. The van der Waals surface area contributed by atoms with Crippen LogP contribution in [0.2, 0.25) is 5.15 Å². The molecule has 5 nitrogen and oxygen atoms in total. The third-order valence-electron chi connectivity index (χ3n) is 3.82. The lowest BCUT2D eigenvalue weighted by atomic mass is 10.2. The minimum atomic E-state index is -0.327. The number of halogens is 2. The van der Waals surface area contributed by atoms with Crippen molar-refractivity contribution in [3.8, 4) is 0 Å². The molecule has 7 heteroatoms. The van der Waals surface area contributed by atoms with Crippen molar-refractivity contribution in [2.24, 2.45) is 0 Å². The molecular weight excluding hydrogens is 307 g/mol. The number of hydrogen-bond donors (Lipinski definition) is 0. The molecule has 0 aliphatic heterocycles. The summed E-state index contributed by atoms with van der Waals surface area (Å²) in [7, 11) is 0. The summed E-state index contributed by atoms with van der Waals surface area (Å²) in [6, 6.07) is 6.59. The summed E-state index contributed by atoms with van der Waals surface area (Å²) in [6.45, 7) is 0.170. The lowest BCUT2D eigenvalue weighted by molar-refractivity contribution is 0.585. The minimum Gasteiger partial charge on any atom is -0.265 e. The van der Waals surface area contributed by atoms with Crippen LogP contribution in [0.3, 0.4) is 0 Å². The topological polar surface area (TPSA) is 52.7 Å². The fourth-order valence-electron chi connectivity index (χ4n) is 2.48. The van der Waals surface area contributed by atoms with Gasteiger partial charge in [-0.05, 0) is 18.9 Å². The summed E-state index contributed by atoms with van der Waals surface area (Å²) in [5.74, 6) is -0.327. The van der Waals surface area contributed by atoms with E-state index in [-0.39, 0.29) is 29.5 Å². The highest BCUT2D eigenvalue weighted by Gasteiger charge is 2.27. The Kier molecular flexibility index (Phi) is 3.00. The van der Waals surface area contributed by atoms with Gasteiger partial charge in [0.05, 0.1) is 24.2 Å². The number of nitrogens with zero attached hydrogens (tertiary/aromatic N) is 4. The third kappa shape index (κ3) is 2.11. The first-order chi connectivity index (χ1) is 10.6. The Labute approximate surface area is 129 Å². The van der Waals surface area contributed by atoms with Crippen molar-refractivity contribution in [1.29, 1.82) is 0 Å². The van der Waals surface area contributed by atoms with Crippen molar-refractivity contribution >= 4 is 22.5 Å². The Morgan fingerprint density at radius 3 is 2.82 bits per heavy atom. The fourth-order valence-corrected chi connectivity index (χ4v) is 2.72. The van der Waals surface area contributed by atoms with E-state index in [1.165, 1.54) is 15.4 Å². The van der Waals surface area contributed by atoms with E-state index < -0.39 is 0 Å². The van der Waals surface area contributed by atoms with Crippen LogP contribution in [0, 0.1) is 5.82 Å². The van der Waals surface area contributed by atoms with Crippen LogP contribution in [0.5, 0.6) is 0 Å². The van der Waals surface area contributed by atoms with Crippen LogP contribution in [0.1, 0.15) is 24.4 Å². The van der Waals surface area contributed by atoms with E-state index in [4.69, 9.17) is 11.6 Å². The standard InChI is InChI=1S/C15H12ClFN4O/c16-14-11-7-18-21(10-5-6-10)15(22)13(11)19-20(14)8-9-3-1-2-4-12(9)17/h1-4,7,10H,5-6,8H2. The monoisotopic (exact) mass is 318 g/mol. The average Bonchev–Trinajstić information content (AvgIpc) is 3.29. The molecule has 0 radical (unpaired) electrons. The van der Waals surface area contributed by atoms with Crippen LogP contribution < -0.4 is 5.56 Å². The second-order valence-electron chi connectivity index (χ2n) is 5.43. The van der Waals surface area contributed by atoms with Gasteiger partial charge in [0.15, 0.2) is 5.52 Å². The van der Waals surface area contributed by atoms with E-state index in [0.717, 1.165) is 12.8 Å². The molecule has 1 aliphatic carbocycles. The summed E-state index contributed by atoms with van der Waals surface area (Å²) in [6.07, 6.45) is 3.48. The second-order valence-corrected chi connectivity index (χ2v) is 5.79. The summed E-state index contributed by atoms with van der Waals surface area (Å²) in [4.78, 5) is 12.4. The maximum absolute atomic E-state index is 13.8. The minimum absolute atomic E-state index is 0.170. The number of aromatic nitrogens is 4. The molecule has 2 aromatic heterocycles. The summed E-state index contributed by atoms with van der Waals surface area (Å²) >= 11 is 6.27. The Morgan fingerprint density at radius 2 is 2.09 bits per heavy atom. The van der Waals surface area contributed by atoms with Crippen molar-refractivity contribution in [2.45, 2.75) is 25.4 Å². The first-order valence-electron chi connectivity index (χ1n) is 7.02. The van der Waals surface area contributed by atoms with Crippen molar-refractivity contribution in [2.75, 3.05) is 0 Å². The molecule has 22 heavy (non-hydrogen) atoms. The van der Waals surface area contributed by atoms with Crippen LogP contribution >= 0.6 is 11.6 Å². The number of benzene rings is 1. The largest absolute Gasteiger partial charge is 0.295 e. The summed E-state index contributed by atoms with van der Waals surface area (Å²) in [5, 5.41) is 9.22. The van der Waals surface area contributed by atoms with Crippen molar-refractivity contribution in [3.05, 3.63) is 57.3 Å². The molecule has 1 aromatic carbocycles. The van der Waals surface area contributed by atoms with Crippen molar-refractivity contribution < 1.29 is 4.39 Å². The highest BCUT2D eigenvalue weighted by atomic mass is 35.5. The molecule has 0 saturated heterocycles. The van der Waals surface area contributed by atoms with Gasteiger partial charge in [-0.25, -0.2) is 13.8 Å². The Hall–Kier alpha value is -2.21. The average molecular weight is 319 g/mol. The van der Waals surface area contributed by atoms with E-state index in [1.807, 2.05) is 0 Å². The quantitative estimate of drug-likeness (QED) is 0.746. The molecule has 0 bridgehead atoms. The van der Waals surface area contributed by atoms with Crippen molar-refractivity contribution in [1.82, 2.24) is 19.6 Å². The zero-order valence-electron chi connectivity index (χ0n) is 11.5. The van der Waals surface area contributed by atoms with E-state index >= 15 is 0 Å².